The van der Waals surface area contributed by atoms with Gasteiger partial charge in [0.25, 0.3) is 11.5 Å². The summed E-state index contributed by atoms with van der Waals surface area (Å²) in [6, 6.07) is 7.39. The standard InChI is InChI=1S/C20H21FN6O2/c1-12(2)17-16(21)18(28)25-20(24-17)27-9-7-26(8-10-27)19(29)15-11-22-13-5-3-4-6-14(13)23-15/h3-6,11-12H,7-10H2,1-2H3,(H,24,25,28). The Morgan fingerprint density at radius 3 is 2.48 bits per heavy atom. The molecule has 0 saturated carbocycles. The number of aromatic amines is 1. The van der Waals surface area contributed by atoms with E-state index in [9.17, 15) is 14.0 Å². The topological polar surface area (TPSA) is 95.1 Å². The van der Waals surface area contributed by atoms with Crippen molar-refractivity contribution in [3.63, 3.8) is 0 Å². The Morgan fingerprint density at radius 1 is 1.10 bits per heavy atom. The summed E-state index contributed by atoms with van der Waals surface area (Å²) in [7, 11) is 0. The summed E-state index contributed by atoms with van der Waals surface area (Å²) < 4.78 is 14.0. The molecule has 1 aliphatic heterocycles. The molecule has 0 aliphatic carbocycles. The zero-order chi connectivity index (χ0) is 20.5. The summed E-state index contributed by atoms with van der Waals surface area (Å²) in [5.41, 5.74) is 1.08. The number of nitrogens with one attached hydrogen (secondary N) is 1. The van der Waals surface area contributed by atoms with Crippen molar-refractivity contribution in [3.8, 4) is 0 Å². The molecule has 9 heteroatoms. The number of benzene rings is 1. The molecule has 8 nitrogen and oxygen atoms in total. The number of para-hydroxylation sites is 2. The van der Waals surface area contributed by atoms with Crippen molar-refractivity contribution in [2.45, 2.75) is 19.8 Å². The first kappa shape index (κ1) is 19.0. The van der Waals surface area contributed by atoms with Crippen LogP contribution in [0.25, 0.3) is 11.0 Å². The van der Waals surface area contributed by atoms with Gasteiger partial charge >= 0.3 is 0 Å². The second-order valence-electron chi connectivity index (χ2n) is 7.27. The van der Waals surface area contributed by atoms with E-state index in [0.29, 0.717) is 43.3 Å². The number of piperazine rings is 1. The first-order valence-electron chi connectivity index (χ1n) is 9.49. The van der Waals surface area contributed by atoms with E-state index in [1.807, 2.05) is 29.2 Å². The average Bonchev–Trinajstić information content (AvgIpc) is 2.74. The Morgan fingerprint density at radius 2 is 1.79 bits per heavy atom. The third-order valence-electron chi connectivity index (χ3n) is 4.96. The molecule has 1 saturated heterocycles. The van der Waals surface area contributed by atoms with Crippen LogP contribution in [-0.2, 0) is 0 Å². The maximum absolute atomic E-state index is 14.0. The lowest BCUT2D eigenvalue weighted by atomic mass is 10.1. The highest BCUT2D eigenvalue weighted by atomic mass is 19.1. The summed E-state index contributed by atoms with van der Waals surface area (Å²) in [4.78, 5) is 43.7. The molecule has 3 heterocycles. The van der Waals surface area contributed by atoms with Crippen molar-refractivity contribution >= 4 is 22.9 Å². The predicted octanol–water partition coefficient (Wildman–Crippen LogP) is 1.94. The van der Waals surface area contributed by atoms with Gasteiger partial charge in [0.15, 0.2) is 0 Å². The Balaban J connectivity index is 1.49. The first-order chi connectivity index (χ1) is 13.9. The van der Waals surface area contributed by atoms with E-state index in [1.54, 1.807) is 18.7 Å². The van der Waals surface area contributed by atoms with E-state index in [4.69, 9.17) is 0 Å². The lowest BCUT2D eigenvalue weighted by Crippen LogP contribution is -2.49. The maximum atomic E-state index is 14.0. The minimum absolute atomic E-state index is 0.147. The van der Waals surface area contributed by atoms with Gasteiger partial charge in [0.2, 0.25) is 11.8 Å². The summed E-state index contributed by atoms with van der Waals surface area (Å²) in [6.07, 6.45) is 1.49. The van der Waals surface area contributed by atoms with Crippen LogP contribution in [0.15, 0.2) is 35.3 Å². The van der Waals surface area contributed by atoms with Gasteiger partial charge < -0.3 is 9.80 Å². The fourth-order valence-electron chi connectivity index (χ4n) is 3.34. The number of hydrogen-bond acceptors (Lipinski definition) is 6. The van der Waals surface area contributed by atoms with Crippen molar-refractivity contribution in [3.05, 3.63) is 58.0 Å². The number of nitrogens with zero attached hydrogens (tertiary/aromatic N) is 5. The van der Waals surface area contributed by atoms with E-state index in [0.717, 1.165) is 5.52 Å². The summed E-state index contributed by atoms with van der Waals surface area (Å²) in [5.74, 6) is -0.901. The molecule has 29 heavy (non-hydrogen) atoms. The summed E-state index contributed by atoms with van der Waals surface area (Å²) in [5, 5.41) is 0. The second kappa shape index (κ2) is 7.57. The molecule has 1 aromatic carbocycles. The van der Waals surface area contributed by atoms with Gasteiger partial charge in [-0.15, -0.1) is 0 Å². The second-order valence-corrected chi connectivity index (χ2v) is 7.27. The number of fused-ring (bicyclic) bond motifs is 1. The van der Waals surface area contributed by atoms with Gasteiger partial charge in [-0.25, -0.2) is 9.97 Å². The first-order valence-corrected chi connectivity index (χ1v) is 9.49. The minimum Gasteiger partial charge on any atom is -0.339 e. The normalized spacial score (nSPS) is 14.6. The molecule has 150 valence electrons. The maximum Gasteiger partial charge on any atom is 0.288 e. The Kier molecular flexibility index (Phi) is 4.96. The molecule has 0 radical (unpaired) electrons. The quantitative estimate of drug-likeness (QED) is 0.727. The SMILES string of the molecule is CC(C)c1nc(N2CCN(C(=O)c3cnc4ccccc4n3)CC2)[nH]c(=O)c1F. The van der Waals surface area contributed by atoms with Crippen LogP contribution in [0.2, 0.25) is 0 Å². The molecule has 0 unspecified atom stereocenters. The highest BCUT2D eigenvalue weighted by Gasteiger charge is 2.25. The van der Waals surface area contributed by atoms with Crippen LogP contribution >= 0.6 is 0 Å². The fourth-order valence-corrected chi connectivity index (χ4v) is 3.34. The van der Waals surface area contributed by atoms with Crippen molar-refractivity contribution in [2.75, 3.05) is 31.1 Å². The molecule has 1 amide bonds. The third kappa shape index (κ3) is 3.67. The van der Waals surface area contributed by atoms with E-state index in [-0.39, 0.29) is 17.5 Å². The molecule has 0 bridgehead atoms. The lowest BCUT2D eigenvalue weighted by molar-refractivity contribution is 0.0740. The number of amides is 1. The zero-order valence-electron chi connectivity index (χ0n) is 16.2. The van der Waals surface area contributed by atoms with Gasteiger partial charge in [-0.05, 0) is 18.1 Å². The molecular weight excluding hydrogens is 375 g/mol. The number of carbonyl (C=O) groups excluding carboxylic acids is 1. The predicted molar refractivity (Wildman–Crippen MR) is 107 cm³/mol. The average molecular weight is 396 g/mol. The van der Waals surface area contributed by atoms with Crippen molar-refractivity contribution in [2.24, 2.45) is 0 Å². The number of carbonyl (C=O) groups is 1. The van der Waals surface area contributed by atoms with Crippen molar-refractivity contribution in [1.82, 2.24) is 24.8 Å². The third-order valence-corrected chi connectivity index (χ3v) is 4.96. The van der Waals surface area contributed by atoms with Gasteiger partial charge in [0.05, 0.1) is 22.9 Å². The number of hydrogen-bond donors (Lipinski definition) is 1. The van der Waals surface area contributed by atoms with Crippen LogP contribution in [0.5, 0.6) is 0 Å². The van der Waals surface area contributed by atoms with Crippen LogP contribution < -0.4 is 10.5 Å². The van der Waals surface area contributed by atoms with E-state index < -0.39 is 11.4 Å². The Labute approximate surface area is 166 Å². The van der Waals surface area contributed by atoms with Crippen LogP contribution in [0.3, 0.4) is 0 Å². The molecule has 2 aromatic heterocycles. The number of H-pyrrole nitrogens is 1. The molecule has 0 spiro atoms. The van der Waals surface area contributed by atoms with Gasteiger partial charge in [-0.3, -0.25) is 19.6 Å². The van der Waals surface area contributed by atoms with E-state index >= 15 is 0 Å². The molecule has 1 N–H and O–H groups in total. The van der Waals surface area contributed by atoms with Gasteiger partial charge in [0.1, 0.15) is 5.69 Å². The number of anilines is 1. The highest BCUT2D eigenvalue weighted by Crippen LogP contribution is 2.18. The summed E-state index contributed by atoms with van der Waals surface area (Å²) >= 11 is 0. The van der Waals surface area contributed by atoms with Crippen LogP contribution in [0.1, 0.15) is 35.9 Å². The van der Waals surface area contributed by atoms with E-state index in [1.165, 1.54) is 6.20 Å². The molecule has 4 rings (SSSR count). The van der Waals surface area contributed by atoms with Gasteiger partial charge in [0, 0.05) is 26.2 Å². The molecule has 0 atom stereocenters. The highest BCUT2D eigenvalue weighted by molar-refractivity contribution is 5.94. The summed E-state index contributed by atoms with van der Waals surface area (Å²) in [6.45, 7) is 5.39. The van der Waals surface area contributed by atoms with Crippen LogP contribution in [-0.4, -0.2) is 56.9 Å². The minimum atomic E-state index is -0.840. The molecule has 1 fully saturated rings. The Hall–Kier alpha value is -3.36. The monoisotopic (exact) mass is 396 g/mol. The molecule has 3 aromatic rings. The van der Waals surface area contributed by atoms with Gasteiger partial charge in [-0.1, -0.05) is 26.0 Å². The van der Waals surface area contributed by atoms with E-state index in [2.05, 4.69) is 19.9 Å². The van der Waals surface area contributed by atoms with Crippen molar-refractivity contribution < 1.29 is 9.18 Å². The fraction of sp³-hybridized carbons (Fsp3) is 0.350. The van der Waals surface area contributed by atoms with Crippen LogP contribution in [0, 0.1) is 5.82 Å². The lowest BCUT2D eigenvalue weighted by Gasteiger charge is -2.35. The number of rotatable bonds is 3. The van der Waals surface area contributed by atoms with Gasteiger partial charge in [-0.2, -0.15) is 4.39 Å². The number of halogens is 1. The number of aromatic nitrogens is 4. The smallest absolute Gasteiger partial charge is 0.288 e. The zero-order valence-corrected chi connectivity index (χ0v) is 16.2. The Bertz CT molecular complexity index is 1120. The van der Waals surface area contributed by atoms with Crippen molar-refractivity contribution in [1.29, 1.82) is 0 Å². The van der Waals surface area contributed by atoms with Crippen LogP contribution in [0.4, 0.5) is 10.3 Å². The molecular formula is C20H21FN6O2. The molecule has 1 aliphatic rings. The largest absolute Gasteiger partial charge is 0.339 e.